The van der Waals surface area contributed by atoms with E-state index in [0.717, 1.165) is 28.2 Å². The molecule has 1 aromatic heterocycles. The molecule has 0 bridgehead atoms. The number of sulfonamides is 1. The van der Waals surface area contributed by atoms with E-state index in [1.807, 2.05) is 17.9 Å². The van der Waals surface area contributed by atoms with Crippen LogP contribution in [0.1, 0.15) is 48.2 Å². The number of carbonyl (C=O) groups is 2. The molecule has 2 atom stereocenters. The number of nitrogens with one attached hydrogen (secondary N) is 3. The quantitative estimate of drug-likeness (QED) is 0.305. The molecule has 42 heavy (non-hydrogen) atoms. The first-order valence-electron chi connectivity index (χ1n) is 13.7. The molecular formula is C27H35F3N4O6S2. The van der Waals surface area contributed by atoms with Crippen molar-refractivity contribution in [3.8, 4) is 10.4 Å². The van der Waals surface area contributed by atoms with E-state index in [1.165, 1.54) is 18.4 Å². The Kier molecular flexibility index (Phi) is 10.5. The number of hydrogen-bond donors (Lipinski definition) is 3. The predicted octanol–water partition coefficient (Wildman–Crippen LogP) is 3.68. The van der Waals surface area contributed by atoms with E-state index in [0.29, 0.717) is 50.2 Å². The van der Waals surface area contributed by atoms with E-state index >= 15 is 0 Å². The molecule has 232 valence electrons. The SMILES string of the molecule is COC(=O)NCCCc1cc([C@@H](C)N(C(=O)[C@H]2CNCCO2)C2CC2)sc1-c1ccccc1CNS(=O)(=O)C(F)(F)F. The fraction of sp³-hybridized carbons (Fsp3) is 0.556. The number of halogens is 3. The summed E-state index contributed by atoms with van der Waals surface area (Å²) in [6.45, 7) is 3.30. The Balaban J connectivity index is 1.64. The van der Waals surface area contributed by atoms with E-state index in [-0.39, 0.29) is 18.0 Å². The van der Waals surface area contributed by atoms with Crippen LogP contribution in [0.2, 0.25) is 0 Å². The number of amides is 2. The zero-order valence-electron chi connectivity index (χ0n) is 23.3. The molecule has 1 saturated carbocycles. The van der Waals surface area contributed by atoms with Gasteiger partial charge in [-0.1, -0.05) is 24.3 Å². The number of ether oxygens (including phenoxy) is 2. The van der Waals surface area contributed by atoms with Gasteiger partial charge in [-0.3, -0.25) is 4.79 Å². The maximum Gasteiger partial charge on any atom is 0.511 e. The normalized spacial score (nSPS) is 18.4. The zero-order valence-corrected chi connectivity index (χ0v) is 25.0. The van der Waals surface area contributed by atoms with E-state index < -0.39 is 34.3 Å². The summed E-state index contributed by atoms with van der Waals surface area (Å²) in [6.07, 6.45) is 1.70. The van der Waals surface area contributed by atoms with Crippen LogP contribution in [0.4, 0.5) is 18.0 Å². The second-order valence-corrected chi connectivity index (χ2v) is 13.0. The van der Waals surface area contributed by atoms with Gasteiger partial charge >= 0.3 is 21.6 Å². The molecule has 1 saturated heterocycles. The van der Waals surface area contributed by atoms with Crippen molar-refractivity contribution in [2.45, 2.75) is 62.8 Å². The molecular weight excluding hydrogens is 597 g/mol. The first-order valence-corrected chi connectivity index (χ1v) is 16.0. The lowest BCUT2D eigenvalue weighted by Gasteiger charge is -2.33. The lowest BCUT2D eigenvalue weighted by Crippen LogP contribution is -2.50. The average Bonchev–Trinajstić information content (AvgIpc) is 3.71. The summed E-state index contributed by atoms with van der Waals surface area (Å²) >= 11 is 1.42. The second kappa shape index (κ2) is 13.7. The summed E-state index contributed by atoms with van der Waals surface area (Å²) < 4.78 is 74.4. The average molecular weight is 633 g/mol. The first kappa shape index (κ1) is 32.2. The highest BCUT2D eigenvalue weighted by Gasteiger charge is 2.45. The third-order valence-electron chi connectivity index (χ3n) is 7.15. The largest absolute Gasteiger partial charge is 0.511 e. The molecule has 15 heteroatoms. The fourth-order valence-electron chi connectivity index (χ4n) is 4.83. The van der Waals surface area contributed by atoms with Crippen LogP contribution in [0.15, 0.2) is 30.3 Å². The van der Waals surface area contributed by atoms with Crippen molar-refractivity contribution in [1.29, 1.82) is 0 Å². The lowest BCUT2D eigenvalue weighted by atomic mass is 10.0. The van der Waals surface area contributed by atoms with Crippen LogP contribution >= 0.6 is 11.3 Å². The van der Waals surface area contributed by atoms with Gasteiger partial charge in [-0.15, -0.1) is 11.3 Å². The number of methoxy groups -OCH3 is 1. The molecule has 10 nitrogen and oxygen atoms in total. The molecule has 0 radical (unpaired) electrons. The monoisotopic (exact) mass is 632 g/mol. The summed E-state index contributed by atoms with van der Waals surface area (Å²) in [6, 6.07) is 8.46. The summed E-state index contributed by atoms with van der Waals surface area (Å²) in [7, 11) is -4.27. The Labute approximate surface area is 247 Å². The standard InChI is InChI=1S/C27H35F3N4O6S2/c1-17(34(20-9-10-20)25(35)22-16-31-12-13-40-22)23-14-18(7-5-11-32-26(36)39-2)24(41-23)21-8-4-3-6-19(21)15-33-42(37,38)27(28,29)30/h3-4,6,8,14,17,20,22,31,33H,5,7,9-13,15-16H2,1-2H3,(H,32,36)/t17-,22-/m1/s1. The van der Waals surface area contributed by atoms with Gasteiger partial charge in [0, 0.05) is 42.0 Å². The summed E-state index contributed by atoms with van der Waals surface area (Å²) in [5.41, 5.74) is -3.59. The van der Waals surface area contributed by atoms with Crippen molar-refractivity contribution in [3.05, 3.63) is 46.3 Å². The van der Waals surface area contributed by atoms with Crippen LogP contribution in [-0.2, 0) is 37.3 Å². The molecule has 4 rings (SSSR count). The molecule has 2 fully saturated rings. The number of benzene rings is 1. The lowest BCUT2D eigenvalue weighted by molar-refractivity contribution is -0.148. The topological polar surface area (TPSA) is 126 Å². The highest BCUT2D eigenvalue weighted by Crippen LogP contribution is 2.42. The Bertz CT molecular complexity index is 1360. The number of thiophene rings is 1. The van der Waals surface area contributed by atoms with Crippen LogP contribution in [0.5, 0.6) is 0 Å². The third-order valence-corrected chi connectivity index (χ3v) is 9.67. The molecule has 1 aliphatic heterocycles. The Hall–Kier alpha value is -2.72. The number of hydrogen-bond acceptors (Lipinski definition) is 8. The molecule has 0 spiro atoms. The number of aryl methyl sites for hydroxylation is 1. The Morgan fingerprint density at radius 2 is 1.98 bits per heavy atom. The molecule has 2 heterocycles. The Morgan fingerprint density at radius 1 is 1.24 bits per heavy atom. The van der Waals surface area contributed by atoms with Gasteiger partial charge in [0.15, 0.2) is 0 Å². The minimum absolute atomic E-state index is 0.0852. The van der Waals surface area contributed by atoms with E-state index in [9.17, 15) is 31.2 Å². The predicted molar refractivity (Wildman–Crippen MR) is 151 cm³/mol. The van der Waals surface area contributed by atoms with Gasteiger partial charge in [-0.25, -0.2) is 17.9 Å². The summed E-state index contributed by atoms with van der Waals surface area (Å²) in [4.78, 5) is 28.5. The summed E-state index contributed by atoms with van der Waals surface area (Å²) in [5.74, 6) is -0.0852. The van der Waals surface area contributed by atoms with Crippen molar-refractivity contribution < 1.29 is 40.7 Å². The van der Waals surface area contributed by atoms with Gasteiger partial charge in [-0.2, -0.15) is 13.2 Å². The maximum absolute atomic E-state index is 13.5. The van der Waals surface area contributed by atoms with E-state index in [2.05, 4.69) is 15.4 Å². The summed E-state index contributed by atoms with van der Waals surface area (Å²) in [5, 5.41) is 5.83. The van der Waals surface area contributed by atoms with Crippen molar-refractivity contribution in [2.75, 3.05) is 33.4 Å². The second-order valence-electron chi connectivity index (χ2n) is 10.2. The molecule has 1 aliphatic carbocycles. The highest BCUT2D eigenvalue weighted by atomic mass is 32.2. The number of rotatable bonds is 12. The number of carbonyl (C=O) groups excluding carboxylic acids is 2. The maximum atomic E-state index is 13.5. The minimum atomic E-state index is -5.54. The van der Waals surface area contributed by atoms with Crippen LogP contribution in [-0.4, -0.2) is 76.3 Å². The van der Waals surface area contributed by atoms with Crippen molar-refractivity contribution in [2.24, 2.45) is 0 Å². The van der Waals surface area contributed by atoms with Gasteiger partial charge in [0.05, 0.1) is 19.8 Å². The van der Waals surface area contributed by atoms with Crippen molar-refractivity contribution in [3.63, 3.8) is 0 Å². The number of morpholine rings is 1. The third kappa shape index (κ3) is 7.81. The first-order chi connectivity index (χ1) is 19.9. The molecule has 1 aromatic carbocycles. The van der Waals surface area contributed by atoms with Crippen LogP contribution < -0.4 is 15.4 Å². The molecule has 2 amide bonds. The molecule has 0 unspecified atom stereocenters. The van der Waals surface area contributed by atoms with Gasteiger partial charge in [0.1, 0.15) is 6.10 Å². The smallest absolute Gasteiger partial charge is 0.453 e. The van der Waals surface area contributed by atoms with Gasteiger partial charge in [-0.05, 0) is 55.4 Å². The van der Waals surface area contributed by atoms with Crippen molar-refractivity contribution in [1.82, 2.24) is 20.3 Å². The number of nitrogens with zero attached hydrogens (tertiary/aromatic N) is 1. The van der Waals surface area contributed by atoms with Gasteiger partial charge in [0.2, 0.25) is 0 Å². The zero-order chi connectivity index (χ0) is 30.5. The molecule has 2 aromatic rings. The Morgan fingerprint density at radius 3 is 2.62 bits per heavy atom. The number of alkyl halides is 3. The van der Waals surface area contributed by atoms with Crippen LogP contribution in [0, 0.1) is 0 Å². The highest BCUT2D eigenvalue weighted by molar-refractivity contribution is 7.90. The van der Waals surface area contributed by atoms with E-state index in [4.69, 9.17) is 4.74 Å². The number of alkyl carbamates (subject to hydrolysis) is 1. The van der Waals surface area contributed by atoms with E-state index in [1.54, 1.807) is 29.0 Å². The fourth-order valence-corrected chi connectivity index (χ4v) is 6.66. The van der Waals surface area contributed by atoms with Crippen LogP contribution in [0.3, 0.4) is 0 Å². The van der Waals surface area contributed by atoms with Gasteiger partial charge in [0.25, 0.3) is 5.91 Å². The molecule has 2 aliphatic rings. The van der Waals surface area contributed by atoms with Crippen LogP contribution in [0.25, 0.3) is 10.4 Å². The minimum Gasteiger partial charge on any atom is -0.453 e. The molecule has 3 N–H and O–H groups in total. The van der Waals surface area contributed by atoms with Gasteiger partial charge < -0.3 is 25.0 Å². The van der Waals surface area contributed by atoms with Crippen molar-refractivity contribution >= 4 is 33.4 Å².